The van der Waals surface area contributed by atoms with Crippen molar-refractivity contribution in [3.05, 3.63) is 62.9 Å². The van der Waals surface area contributed by atoms with Gasteiger partial charge in [-0.1, -0.05) is 35.9 Å². The van der Waals surface area contributed by atoms with E-state index in [-0.39, 0.29) is 24.3 Å². The fraction of sp³-hybridized carbons (Fsp3) is 0.300. The fourth-order valence-corrected chi connectivity index (χ4v) is 4.31. The average Bonchev–Trinajstić information content (AvgIpc) is 3.04. The highest BCUT2D eigenvalue weighted by molar-refractivity contribution is 7.16. The Morgan fingerprint density at radius 2 is 2.00 bits per heavy atom. The van der Waals surface area contributed by atoms with Crippen molar-refractivity contribution in [2.45, 2.75) is 32.9 Å². The monoisotopic (exact) mass is 388 g/mol. The molecule has 1 aromatic carbocycles. The van der Waals surface area contributed by atoms with Gasteiger partial charge in [0.05, 0.1) is 23.3 Å². The van der Waals surface area contributed by atoms with Gasteiger partial charge in [-0.25, -0.2) is 0 Å². The molecule has 0 radical (unpaired) electrons. The number of halogens is 1. The molecule has 0 saturated carbocycles. The van der Waals surface area contributed by atoms with Crippen molar-refractivity contribution in [1.29, 1.82) is 0 Å². The Hall–Kier alpha value is -2.11. The summed E-state index contributed by atoms with van der Waals surface area (Å²) in [6.07, 6.45) is 3.95. The molecule has 6 heteroatoms. The summed E-state index contributed by atoms with van der Waals surface area (Å²) in [5, 5.41) is 0. The number of carbonyl (C=O) groups is 2. The first-order valence-corrected chi connectivity index (χ1v) is 9.77. The van der Waals surface area contributed by atoms with Gasteiger partial charge in [-0.05, 0) is 36.3 Å². The van der Waals surface area contributed by atoms with E-state index in [0.29, 0.717) is 13.1 Å². The van der Waals surface area contributed by atoms with Gasteiger partial charge in [0.1, 0.15) is 0 Å². The largest absolute Gasteiger partial charge is 0.338 e. The Bertz CT molecular complexity index is 846. The standard InChI is InChI=1S/C20H21ClN2O2S/c1-3-22(13-16-8-9-19(21)26-16)20(25)12-18-17-7-5-4-6-15(17)10-11-23(18)14(2)24/h4-11,18H,3,12-13H2,1-2H3/t18-/m1/s1. The molecule has 0 bridgehead atoms. The van der Waals surface area contributed by atoms with E-state index in [9.17, 15) is 9.59 Å². The maximum Gasteiger partial charge on any atom is 0.225 e. The molecule has 2 aromatic rings. The Balaban J connectivity index is 1.80. The lowest BCUT2D eigenvalue weighted by atomic mass is 9.93. The third-order valence-corrected chi connectivity index (χ3v) is 5.76. The van der Waals surface area contributed by atoms with E-state index in [0.717, 1.165) is 20.3 Å². The van der Waals surface area contributed by atoms with Crippen molar-refractivity contribution in [1.82, 2.24) is 9.80 Å². The summed E-state index contributed by atoms with van der Waals surface area (Å²) in [6.45, 7) is 4.64. The van der Waals surface area contributed by atoms with Crippen LogP contribution in [0.15, 0.2) is 42.6 Å². The van der Waals surface area contributed by atoms with Gasteiger partial charge >= 0.3 is 0 Å². The Morgan fingerprint density at radius 1 is 1.23 bits per heavy atom. The minimum absolute atomic E-state index is 0.0263. The molecule has 0 unspecified atom stereocenters. The quantitative estimate of drug-likeness (QED) is 0.743. The zero-order valence-electron chi connectivity index (χ0n) is 14.8. The summed E-state index contributed by atoms with van der Waals surface area (Å²) in [5.41, 5.74) is 2.06. The Kier molecular flexibility index (Phi) is 5.79. The van der Waals surface area contributed by atoms with Crippen LogP contribution in [0.1, 0.15) is 42.3 Å². The highest BCUT2D eigenvalue weighted by Crippen LogP contribution is 2.33. The molecule has 4 nitrogen and oxygen atoms in total. The van der Waals surface area contributed by atoms with Crippen LogP contribution in [0.4, 0.5) is 0 Å². The highest BCUT2D eigenvalue weighted by Gasteiger charge is 2.29. The molecule has 0 aliphatic carbocycles. The number of rotatable bonds is 5. The third-order valence-electron chi connectivity index (χ3n) is 4.55. The van der Waals surface area contributed by atoms with Gasteiger partial charge in [-0.3, -0.25) is 9.59 Å². The van der Waals surface area contributed by atoms with Crippen molar-refractivity contribution in [2.24, 2.45) is 0 Å². The molecule has 1 aliphatic rings. The first kappa shape index (κ1) is 18.7. The second kappa shape index (κ2) is 8.06. The van der Waals surface area contributed by atoms with E-state index in [1.807, 2.05) is 49.4 Å². The highest BCUT2D eigenvalue weighted by atomic mass is 35.5. The topological polar surface area (TPSA) is 40.6 Å². The molecule has 0 N–H and O–H groups in total. The van der Waals surface area contributed by atoms with Crippen LogP contribution in [-0.2, 0) is 16.1 Å². The van der Waals surface area contributed by atoms with Crippen LogP contribution in [0.5, 0.6) is 0 Å². The number of fused-ring (bicyclic) bond motifs is 1. The van der Waals surface area contributed by atoms with Gasteiger partial charge in [0, 0.05) is 24.5 Å². The summed E-state index contributed by atoms with van der Waals surface area (Å²) in [6, 6.07) is 11.4. The fourth-order valence-electron chi connectivity index (χ4n) is 3.21. The van der Waals surface area contributed by atoms with E-state index in [1.165, 1.54) is 18.3 Å². The average molecular weight is 389 g/mol. The van der Waals surface area contributed by atoms with Crippen LogP contribution in [-0.4, -0.2) is 28.2 Å². The van der Waals surface area contributed by atoms with Crippen molar-refractivity contribution in [3.8, 4) is 0 Å². The molecular formula is C20H21ClN2O2S. The summed E-state index contributed by atoms with van der Waals surface area (Å²) < 4.78 is 0.720. The molecule has 2 heterocycles. The summed E-state index contributed by atoms with van der Waals surface area (Å²) in [7, 11) is 0. The zero-order valence-corrected chi connectivity index (χ0v) is 16.4. The predicted octanol–water partition coefficient (Wildman–Crippen LogP) is 4.71. The van der Waals surface area contributed by atoms with E-state index in [2.05, 4.69) is 0 Å². The van der Waals surface area contributed by atoms with E-state index in [4.69, 9.17) is 11.6 Å². The lowest BCUT2D eigenvalue weighted by Gasteiger charge is -2.33. The van der Waals surface area contributed by atoms with E-state index < -0.39 is 0 Å². The number of hydrogen-bond donors (Lipinski definition) is 0. The van der Waals surface area contributed by atoms with Crippen molar-refractivity contribution >= 4 is 40.8 Å². The maximum atomic E-state index is 13.0. The number of hydrogen-bond acceptors (Lipinski definition) is 3. The number of benzene rings is 1. The lowest BCUT2D eigenvalue weighted by molar-refractivity contribution is -0.134. The number of carbonyl (C=O) groups excluding carboxylic acids is 2. The van der Waals surface area contributed by atoms with Gasteiger partial charge in [0.15, 0.2) is 0 Å². The lowest BCUT2D eigenvalue weighted by Crippen LogP contribution is -2.37. The molecule has 3 rings (SSSR count). The zero-order chi connectivity index (χ0) is 18.7. The van der Waals surface area contributed by atoms with Gasteiger partial charge < -0.3 is 9.80 Å². The normalized spacial score (nSPS) is 15.7. The summed E-state index contributed by atoms with van der Waals surface area (Å²) in [4.78, 5) is 29.5. The Labute approximate surface area is 162 Å². The minimum atomic E-state index is -0.276. The number of thiophene rings is 1. The van der Waals surface area contributed by atoms with Crippen LogP contribution in [0.3, 0.4) is 0 Å². The molecule has 136 valence electrons. The van der Waals surface area contributed by atoms with Crippen LogP contribution in [0.25, 0.3) is 6.08 Å². The Morgan fingerprint density at radius 3 is 2.65 bits per heavy atom. The number of amides is 2. The maximum absolute atomic E-state index is 13.0. The van der Waals surface area contributed by atoms with Gasteiger partial charge in [-0.15, -0.1) is 11.3 Å². The molecular weight excluding hydrogens is 368 g/mol. The van der Waals surface area contributed by atoms with Gasteiger partial charge in [-0.2, -0.15) is 0 Å². The number of nitrogens with zero attached hydrogens (tertiary/aromatic N) is 2. The second-order valence-corrected chi connectivity index (χ2v) is 8.00. The van der Waals surface area contributed by atoms with Crippen molar-refractivity contribution < 1.29 is 9.59 Å². The molecule has 2 amide bonds. The molecule has 0 fully saturated rings. The smallest absolute Gasteiger partial charge is 0.225 e. The third kappa shape index (κ3) is 4.00. The van der Waals surface area contributed by atoms with Crippen molar-refractivity contribution in [3.63, 3.8) is 0 Å². The molecule has 0 saturated heterocycles. The van der Waals surface area contributed by atoms with Gasteiger partial charge in [0.2, 0.25) is 11.8 Å². The van der Waals surface area contributed by atoms with Crippen LogP contribution in [0.2, 0.25) is 4.34 Å². The van der Waals surface area contributed by atoms with Crippen LogP contribution < -0.4 is 0 Å². The second-order valence-electron chi connectivity index (χ2n) is 6.20. The van der Waals surface area contributed by atoms with Crippen LogP contribution in [0, 0.1) is 0 Å². The van der Waals surface area contributed by atoms with E-state index in [1.54, 1.807) is 16.0 Å². The molecule has 26 heavy (non-hydrogen) atoms. The van der Waals surface area contributed by atoms with Crippen molar-refractivity contribution in [2.75, 3.05) is 6.54 Å². The molecule has 0 spiro atoms. The van der Waals surface area contributed by atoms with Crippen LogP contribution >= 0.6 is 22.9 Å². The first-order chi connectivity index (χ1) is 12.5. The minimum Gasteiger partial charge on any atom is -0.338 e. The van der Waals surface area contributed by atoms with E-state index >= 15 is 0 Å². The predicted molar refractivity (Wildman–Crippen MR) is 106 cm³/mol. The molecule has 1 atom stereocenters. The summed E-state index contributed by atoms with van der Waals surface area (Å²) >= 11 is 7.48. The molecule has 1 aromatic heterocycles. The van der Waals surface area contributed by atoms with Gasteiger partial charge in [0.25, 0.3) is 0 Å². The summed E-state index contributed by atoms with van der Waals surface area (Å²) in [5.74, 6) is -0.0417. The first-order valence-electron chi connectivity index (χ1n) is 8.57. The molecule has 1 aliphatic heterocycles. The SMILES string of the molecule is CCN(Cc1ccc(Cl)s1)C(=O)C[C@@H]1c2ccccc2C=CN1C(C)=O.